The summed E-state index contributed by atoms with van der Waals surface area (Å²) in [5, 5.41) is 1.27. The van der Waals surface area contributed by atoms with Gasteiger partial charge in [-0.3, -0.25) is 19.0 Å². The van der Waals surface area contributed by atoms with E-state index in [0.717, 1.165) is 95.5 Å². The summed E-state index contributed by atoms with van der Waals surface area (Å²) in [5.74, 6) is -10.7. The lowest BCUT2D eigenvalue weighted by Gasteiger charge is -2.12. The van der Waals surface area contributed by atoms with Crippen molar-refractivity contribution in [2.45, 2.75) is 14.7 Å². The van der Waals surface area contributed by atoms with Gasteiger partial charge in [-0.05, 0) is 103 Å². The third kappa shape index (κ3) is 16.9. The number of hydrogen-bond donors (Lipinski definition) is 7. The van der Waals surface area contributed by atoms with Crippen LogP contribution < -0.4 is 41.7 Å². The number of H-pyrrole nitrogens is 1. The molecule has 0 unspecified atom stereocenters. The minimum Gasteiger partial charge on any atom is -0.481 e. The van der Waals surface area contributed by atoms with E-state index in [1.165, 1.54) is 123 Å². The molecule has 0 aliphatic carbocycles. The van der Waals surface area contributed by atoms with Crippen molar-refractivity contribution in [3.8, 4) is 103 Å². The molecule has 42 heteroatoms. The van der Waals surface area contributed by atoms with E-state index in [-0.39, 0.29) is 57.2 Å². The summed E-state index contributed by atoms with van der Waals surface area (Å²) in [4.78, 5) is 61.5. The molecule has 0 bridgehead atoms. The predicted octanol–water partition coefficient (Wildman–Crippen LogP) is 14.1. The molecular weight excluding hydrogens is 1620 g/mol. The molecule has 0 aliphatic rings. The fourth-order valence-electron chi connectivity index (χ4n) is 10.7. The molecule has 0 spiro atoms. The van der Waals surface area contributed by atoms with Crippen LogP contribution in [-0.4, -0.2) is 97.2 Å². The van der Waals surface area contributed by atoms with Gasteiger partial charge >= 0.3 is 0 Å². The molecule has 9 heterocycles. The van der Waals surface area contributed by atoms with E-state index in [1.807, 2.05) is 14.2 Å². The van der Waals surface area contributed by atoms with E-state index in [9.17, 15) is 56.4 Å². The summed E-state index contributed by atoms with van der Waals surface area (Å²) in [7, 11) is -13.0. The summed E-state index contributed by atoms with van der Waals surface area (Å²) in [6.45, 7) is 0. The Labute approximate surface area is 649 Å². The number of nitrogens with zero attached hydrogens (tertiary/aromatic N) is 12. The lowest BCUT2D eigenvalue weighted by atomic mass is 10.1. The molecule has 0 saturated carbocycles. The predicted molar refractivity (Wildman–Crippen MR) is 407 cm³/mol. The number of pyridine rings is 2. The Morgan fingerprint density at radius 3 is 1.04 bits per heavy atom. The van der Waals surface area contributed by atoms with Crippen molar-refractivity contribution in [1.82, 2.24) is 64.8 Å². The first-order chi connectivity index (χ1) is 54.6. The van der Waals surface area contributed by atoms with Crippen LogP contribution >= 0.6 is 34.0 Å². The third-order valence-electron chi connectivity index (χ3n) is 15.7. The van der Waals surface area contributed by atoms with Crippen LogP contribution in [0.5, 0.6) is 5.88 Å². The van der Waals surface area contributed by atoms with Crippen molar-refractivity contribution < 1.29 is 69.5 Å². The quantitative estimate of drug-likeness (QED) is 0.0370. The summed E-state index contributed by atoms with van der Waals surface area (Å²) < 4.78 is 220. The Balaban J connectivity index is 0.000000149. The first kappa shape index (κ1) is 78.6. The smallest absolute Gasteiger partial charge is 0.267 e. The van der Waals surface area contributed by atoms with Gasteiger partial charge in [0.15, 0.2) is 32.1 Å². The first-order valence-electron chi connectivity index (χ1n) is 32.1. The maximum absolute atomic E-state index is 15.9. The van der Waals surface area contributed by atoms with E-state index >= 15 is 13.2 Å². The Morgan fingerprint density at radius 1 is 0.386 bits per heavy atom. The van der Waals surface area contributed by atoms with Crippen LogP contribution in [0, 0.1) is 52.4 Å². The van der Waals surface area contributed by atoms with Crippen molar-refractivity contribution in [2.24, 2.45) is 0 Å². The van der Waals surface area contributed by atoms with Gasteiger partial charge in [-0.1, -0.05) is 36.4 Å². The molecule has 6 aromatic carbocycles. The molecule has 0 amide bonds. The molecular formula is C72H46F9N19O8S6. The maximum Gasteiger partial charge on any atom is 0.267 e. The van der Waals surface area contributed by atoms with Gasteiger partial charge in [0.25, 0.3) is 30.1 Å². The number of benzene rings is 6. The highest BCUT2D eigenvalue weighted by molar-refractivity contribution is 7.93. The average Bonchev–Trinajstić information content (AvgIpc) is 1.52. The fourth-order valence-corrected chi connectivity index (χ4v) is 17.4. The van der Waals surface area contributed by atoms with Crippen LogP contribution in [0.1, 0.15) is 0 Å². The van der Waals surface area contributed by atoms with Crippen LogP contribution in [0.4, 0.5) is 74.4 Å². The van der Waals surface area contributed by atoms with E-state index in [0.29, 0.717) is 69.3 Å². The highest BCUT2D eigenvalue weighted by Crippen LogP contribution is 2.46. The van der Waals surface area contributed by atoms with Gasteiger partial charge in [-0.15, -0.1) is 34.0 Å². The Hall–Kier alpha value is -13.6. The minimum absolute atomic E-state index is 0.0182. The molecule has 576 valence electrons. The molecule has 0 aliphatic heterocycles. The van der Waals surface area contributed by atoms with Gasteiger partial charge in [-0.2, -0.15) is 0 Å². The van der Waals surface area contributed by atoms with Crippen molar-refractivity contribution >= 4 is 99.0 Å². The van der Waals surface area contributed by atoms with Crippen LogP contribution in [-0.2, 0) is 30.1 Å². The number of hydrogen-bond acceptors (Lipinski definition) is 26. The Bertz CT molecular complexity index is 6560. The van der Waals surface area contributed by atoms with Gasteiger partial charge in [0.1, 0.15) is 56.3 Å². The van der Waals surface area contributed by atoms with Crippen LogP contribution in [0.15, 0.2) is 221 Å². The number of methoxy groups -OCH3 is 1. The molecule has 0 atom stereocenters. The number of rotatable bonds is 19. The van der Waals surface area contributed by atoms with Gasteiger partial charge in [0.05, 0.1) is 73.0 Å². The highest BCUT2D eigenvalue weighted by Gasteiger charge is 2.32. The second-order valence-corrected chi connectivity index (χ2v) is 31.0. The van der Waals surface area contributed by atoms with E-state index in [4.69, 9.17) is 21.9 Å². The monoisotopic (exact) mass is 1670 g/mol. The Kier molecular flexibility index (Phi) is 22.6. The van der Waals surface area contributed by atoms with Crippen molar-refractivity contribution in [3.05, 3.63) is 264 Å². The number of ether oxygens (including phenoxy) is 1. The molecule has 114 heavy (non-hydrogen) atoms. The van der Waals surface area contributed by atoms with E-state index in [1.54, 1.807) is 24.3 Å². The average molecular weight is 1670 g/mol. The number of nitrogen functional groups attached to an aromatic ring is 3. The van der Waals surface area contributed by atoms with E-state index < -0.39 is 114 Å². The zero-order chi connectivity index (χ0) is 80.9. The molecule has 15 aromatic rings. The molecule has 0 saturated heterocycles. The summed E-state index contributed by atoms with van der Waals surface area (Å²) in [6, 6.07) is 30.2. The zero-order valence-electron chi connectivity index (χ0n) is 57.3. The zero-order valence-corrected chi connectivity index (χ0v) is 62.2. The molecule has 15 rings (SSSR count). The minimum atomic E-state index is -4.83. The lowest BCUT2D eigenvalue weighted by Crippen LogP contribution is -2.17. The van der Waals surface area contributed by atoms with Crippen LogP contribution in [0.2, 0.25) is 0 Å². The second kappa shape index (κ2) is 32.8. The SMILES string of the molecule is COc1ccc(-c2nc(-c3cccc(NS(=O)(=O)c4c(F)cccc4F)c3F)c(-c3ccnc(N)n3)s2)cn1.Nc1nccc(-c2sc(-c3ccc(=O)[nH]c3)nc2-c2cccc(NS(=O)(=O)c3c(F)cccc3F)c2F)n1.Nc1nccc(-c2sc(-c3cncnc3)nc2-c2cccc(NS(=O)(=O)c3c(F)cccc3F)c2F)n1. The van der Waals surface area contributed by atoms with Gasteiger partial charge < -0.3 is 26.9 Å². The summed E-state index contributed by atoms with van der Waals surface area (Å²) in [6.07, 6.45) is 11.6. The molecule has 9 aromatic heterocycles. The second-order valence-electron chi connectivity index (χ2n) is 23.1. The number of sulfonamides is 3. The van der Waals surface area contributed by atoms with Gasteiger partial charge in [0.2, 0.25) is 29.3 Å². The third-order valence-corrected chi connectivity index (χ3v) is 23.3. The largest absolute Gasteiger partial charge is 0.481 e. The van der Waals surface area contributed by atoms with Crippen molar-refractivity contribution in [2.75, 3.05) is 38.5 Å². The lowest BCUT2D eigenvalue weighted by molar-refractivity contribution is 0.398. The highest BCUT2D eigenvalue weighted by atomic mass is 32.2. The summed E-state index contributed by atoms with van der Waals surface area (Å²) >= 11 is 3.45. The van der Waals surface area contributed by atoms with Gasteiger partial charge in [-0.25, -0.2) is 125 Å². The van der Waals surface area contributed by atoms with E-state index in [2.05, 4.69) is 64.8 Å². The normalized spacial score (nSPS) is 11.4. The van der Waals surface area contributed by atoms with Crippen molar-refractivity contribution in [3.63, 3.8) is 0 Å². The number of aromatic nitrogens is 13. The molecule has 0 radical (unpaired) electrons. The van der Waals surface area contributed by atoms with Crippen LogP contribution in [0.3, 0.4) is 0 Å². The number of nitrogens with two attached hydrogens (primary N) is 3. The molecule has 27 nitrogen and oxygen atoms in total. The van der Waals surface area contributed by atoms with Gasteiger partial charge in [0, 0.05) is 88.9 Å². The Morgan fingerprint density at radius 2 is 0.719 bits per heavy atom. The number of nitrogens with one attached hydrogen (secondary N) is 4. The maximum atomic E-state index is 15.9. The number of anilines is 6. The number of thiazole rings is 3. The first-order valence-corrected chi connectivity index (χ1v) is 39.0. The van der Waals surface area contributed by atoms with Crippen molar-refractivity contribution in [1.29, 1.82) is 0 Å². The molecule has 0 fully saturated rings. The topological polar surface area (TPSA) is 413 Å². The van der Waals surface area contributed by atoms with Crippen LogP contribution in [0.25, 0.3) is 97.2 Å². The number of aromatic amines is 1. The fraction of sp³-hybridized carbons (Fsp3) is 0.0139. The number of halogens is 9. The summed E-state index contributed by atoms with van der Waals surface area (Å²) in [5.41, 5.74) is 18.0. The standard InChI is InChI=1S/C25H17F3N6O3S2.C24H15F3N6O3S2.C23H14F3N7O2S2/c1-37-19-9-8-13(12-31-19)24-33-21(22(38-24)18-10-11-30-25(29)32-18)14-4-2-7-17(20(14)28)34-39(35,36)23-15(26)5-3-6-16(23)27;25-14-4-2-5-15(26)22(14)38(35,36)33-16-6-1-3-13(19(16)27)20-21(17-9-10-29-24(28)31-17)37-23(32-20)12-7-8-18(34)30-11-12;24-14-4-2-5-15(25)21(14)37(34,35)33-16-6-1-3-13(18(16)26)19-20(17-7-8-30-23(27)31-17)36-22(32-19)12-9-28-11-29-10-12/h2-12,34H,1H3,(H2,29,30,32);1-11,33H,(H,30,34)(H2,28,29,31);1-11,33H,(H2,27,30,31). The molecule has 10 N–H and O–H groups in total.